The molecule has 128 valence electrons. The molecule has 1 aromatic carbocycles. The number of nitrogens with one attached hydrogen (secondary N) is 1. The monoisotopic (exact) mass is 329 g/mol. The molecule has 0 unspecified atom stereocenters. The van der Waals surface area contributed by atoms with Crippen LogP contribution in [0.25, 0.3) is 0 Å². The first kappa shape index (κ1) is 17.7. The highest BCUT2D eigenvalue weighted by atomic mass is 16.4. The van der Waals surface area contributed by atoms with Gasteiger partial charge in [0.05, 0.1) is 17.7 Å². The zero-order valence-electron chi connectivity index (χ0n) is 14.5. The normalized spacial score (nSPS) is 10.9. The van der Waals surface area contributed by atoms with E-state index >= 15 is 0 Å². The summed E-state index contributed by atoms with van der Waals surface area (Å²) in [5.74, 6) is -0.732. The SMILES string of the molecule is Cc1nn(CC(C)C)c(C)c1CC(=O)Nc1cccc(C(=O)O)c1. The van der Waals surface area contributed by atoms with Crippen LogP contribution in [0, 0.1) is 19.8 Å². The first-order chi connectivity index (χ1) is 11.3. The smallest absolute Gasteiger partial charge is 0.335 e. The van der Waals surface area contributed by atoms with Crippen LogP contribution < -0.4 is 5.32 Å². The van der Waals surface area contributed by atoms with E-state index in [4.69, 9.17) is 5.11 Å². The molecule has 0 fully saturated rings. The molecule has 0 spiro atoms. The van der Waals surface area contributed by atoms with Crippen LogP contribution in [0.5, 0.6) is 0 Å². The first-order valence-corrected chi connectivity index (χ1v) is 7.94. The minimum Gasteiger partial charge on any atom is -0.478 e. The Morgan fingerprint density at radius 1 is 1.29 bits per heavy atom. The number of rotatable bonds is 6. The van der Waals surface area contributed by atoms with E-state index in [2.05, 4.69) is 24.3 Å². The van der Waals surface area contributed by atoms with Gasteiger partial charge in [-0.05, 0) is 38.0 Å². The molecular formula is C18H23N3O3. The van der Waals surface area contributed by atoms with E-state index in [1.165, 1.54) is 12.1 Å². The Kier molecular flexibility index (Phi) is 5.39. The van der Waals surface area contributed by atoms with Gasteiger partial charge in [-0.3, -0.25) is 9.48 Å². The number of carbonyl (C=O) groups excluding carboxylic acids is 1. The highest BCUT2D eigenvalue weighted by molar-refractivity contribution is 5.95. The van der Waals surface area contributed by atoms with E-state index in [1.54, 1.807) is 12.1 Å². The van der Waals surface area contributed by atoms with Crippen molar-refractivity contribution in [3.8, 4) is 0 Å². The lowest BCUT2D eigenvalue weighted by Gasteiger charge is -2.09. The van der Waals surface area contributed by atoms with Crippen molar-refractivity contribution < 1.29 is 14.7 Å². The lowest BCUT2D eigenvalue weighted by molar-refractivity contribution is -0.115. The number of nitrogens with zero attached hydrogens (tertiary/aromatic N) is 2. The second-order valence-corrected chi connectivity index (χ2v) is 6.34. The van der Waals surface area contributed by atoms with Crippen molar-refractivity contribution in [2.75, 3.05) is 5.32 Å². The van der Waals surface area contributed by atoms with Crippen LogP contribution in [0.15, 0.2) is 24.3 Å². The quantitative estimate of drug-likeness (QED) is 0.853. The number of benzene rings is 1. The average molecular weight is 329 g/mol. The summed E-state index contributed by atoms with van der Waals surface area (Å²) in [5, 5.41) is 16.3. The summed E-state index contributed by atoms with van der Waals surface area (Å²) in [6.07, 6.45) is 0.215. The van der Waals surface area contributed by atoms with E-state index in [-0.39, 0.29) is 17.9 Å². The predicted molar refractivity (Wildman–Crippen MR) is 92.3 cm³/mol. The van der Waals surface area contributed by atoms with Gasteiger partial charge in [-0.1, -0.05) is 19.9 Å². The number of hydrogen-bond acceptors (Lipinski definition) is 3. The number of carboxylic acids is 1. The number of aromatic carboxylic acids is 1. The summed E-state index contributed by atoms with van der Waals surface area (Å²) in [5.41, 5.74) is 3.38. The minimum absolute atomic E-state index is 0.143. The lowest BCUT2D eigenvalue weighted by atomic mass is 10.1. The van der Waals surface area contributed by atoms with Crippen LogP contribution in [-0.4, -0.2) is 26.8 Å². The van der Waals surface area contributed by atoms with E-state index in [9.17, 15) is 9.59 Å². The fraction of sp³-hybridized carbons (Fsp3) is 0.389. The third kappa shape index (κ3) is 4.22. The van der Waals surface area contributed by atoms with Crippen molar-refractivity contribution in [1.82, 2.24) is 9.78 Å². The fourth-order valence-corrected chi connectivity index (χ4v) is 2.61. The van der Waals surface area contributed by atoms with Gasteiger partial charge in [0.25, 0.3) is 0 Å². The van der Waals surface area contributed by atoms with Gasteiger partial charge in [-0.2, -0.15) is 5.10 Å². The molecule has 0 atom stereocenters. The molecule has 0 bridgehead atoms. The van der Waals surface area contributed by atoms with Gasteiger partial charge in [0, 0.05) is 23.5 Å². The van der Waals surface area contributed by atoms with Crippen LogP contribution in [-0.2, 0) is 17.8 Å². The number of aromatic nitrogens is 2. The number of anilines is 1. The Bertz CT molecular complexity index is 763. The van der Waals surface area contributed by atoms with Crippen molar-refractivity contribution >= 4 is 17.6 Å². The summed E-state index contributed by atoms with van der Waals surface area (Å²) >= 11 is 0. The molecular weight excluding hydrogens is 306 g/mol. The fourth-order valence-electron chi connectivity index (χ4n) is 2.61. The summed E-state index contributed by atoms with van der Waals surface area (Å²) in [6.45, 7) is 8.93. The number of hydrogen-bond donors (Lipinski definition) is 2. The first-order valence-electron chi connectivity index (χ1n) is 7.94. The molecule has 24 heavy (non-hydrogen) atoms. The zero-order valence-corrected chi connectivity index (χ0v) is 14.5. The minimum atomic E-state index is -1.02. The second-order valence-electron chi connectivity index (χ2n) is 6.34. The molecule has 2 N–H and O–H groups in total. The van der Waals surface area contributed by atoms with Gasteiger partial charge in [-0.25, -0.2) is 4.79 Å². The molecule has 1 aromatic heterocycles. The number of aryl methyl sites for hydroxylation is 1. The molecule has 1 heterocycles. The van der Waals surface area contributed by atoms with Gasteiger partial charge in [0.2, 0.25) is 5.91 Å². The van der Waals surface area contributed by atoms with Gasteiger partial charge in [0.1, 0.15) is 0 Å². The maximum absolute atomic E-state index is 12.3. The highest BCUT2D eigenvalue weighted by Gasteiger charge is 2.16. The summed E-state index contributed by atoms with van der Waals surface area (Å²) < 4.78 is 1.94. The molecule has 0 aliphatic rings. The molecule has 6 nitrogen and oxygen atoms in total. The number of carbonyl (C=O) groups is 2. The lowest BCUT2D eigenvalue weighted by Crippen LogP contribution is -2.16. The molecule has 6 heteroatoms. The van der Waals surface area contributed by atoms with Gasteiger partial charge in [-0.15, -0.1) is 0 Å². The molecule has 1 amide bonds. The predicted octanol–water partition coefficient (Wildman–Crippen LogP) is 3.04. The van der Waals surface area contributed by atoms with Gasteiger partial charge in [0.15, 0.2) is 0 Å². The van der Waals surface area contributed by atoms with Crippen molar-refractivity contribution in [2.45, 2.75) is 40.7 Å². The number of carboxylic acid groups (broad SMARTS) is 1. The van der Waals surface area contributed by atoms with Crippen molar-refractivity contribution in [2.24, 2.45) is 5.92 Å². The molecule has 2 rings (SSSR count). The Morgan fingerprint density at radius 3 is 2.62 bits per heavy atom. The highest BCUT2D eigenvalue weighted by Crippen LogP contribution is 2.17. The van der Waals surface area contributed by atoms with Crippen molar-refractivity contribution in [1.29, 1.82) is 0 Å². The van der Waals surface area contributed by atoms with Crippen molar-refractivity contribution in [3.63, 3.8) is 0 Å². The second kappa shape index (κ2) is 7.29. The van der Waals surface area contributed by atoms with Crippen LogP contribution in [0.2, 0.25) is 0 Å². The zero-order chi connectivity index (χ0) is 17.9. The molecule has 0 aliphatic carbocycles. The third-order valence-corrected chi connectivity index (χ3v) is 3.80. The molecule has 0 aliphatic heterocycles. The largest absolute Gasteiger partial charge is 0.478 e. The average Bonchev–Trinajstić information content (AvgIpc) is 2.74. The van der Waals surface area contributed by atoms with E-state index in [1.807, 2.05) is 18.5 Å². The van der Waals surface area contributed by atoms with Gasteiger partial charge >= 0.3 is 5.97 Å². The molecule has 0 radical (unpaired) electrons. The van der Waals surface area contributed by atoms with Crippen LogP contribution in [0.3, 0.4) is 0 Å². The Hall–Kier alpha value is -2.63. The maximum Gasteiger partial charge on any atom is 0.335 e. The van der Waals surface area contributed by atoms with Crippen molar-refractivity contribution in [3.05, 3.63) is 46.8 Å². The van der Waals surface area contributed by atoms with Crippen LogP contribution >= 0.6 is 0 Å². The Labute approximate surface area is 141 Å². The summed E-state index contributed by atoms with van der Waals surface area (Å²) in [4.78, 5) is 23.3. The van der Waals surface area contributed by atoms with E-state index in [0.29, 0.717) is 11.6 Å². The standard InChI is InChI=1S/C18H23N3O3/c1-11(2)10-21-13(4)16(12(3)20-21)9-17(22)19-15-7-5-6-14(8-15)18(23)24/h5-8,11H,9-10H2,1-4H3,(H,19,22)(H,23,24). The topological polar surface area (TPSA) is 84.2 Å². The third-order valence-electron chi connectivity index (χ3n) is 3.80. The number of amides is 1. The molecule has 0 saturated heterocycles. The molecule has 2 aromatic rings. The van der Waals surface area contributed by atoms with Crippen LogP contribution in [0.4, 0.5) is 5.69 Å². The Morgan fingerprint density at radius 2 is 2.00 bits per heavy atom. The Balaban J connectivity index is 2.11. The van der Waals surface area contributed by atoms with E-state index < -0.39 is 5.97 Å². The maximum atomic E-state index is 12.3. The summed E-state index contributed by atoms with van der Waals surface area (Å²) in [6, 6.07) is 6.22. The molecule has 0 saturated carbocycles. The van der Waals surface area contributed by atoms with Crippen LogP contribution in [0.1, 0.15) is 41.2 Å². The van der Waals surface area contributed by atoms with E-state index in [0.717, 1.165) is 23.5 Å². The van der Waals surface area contributed by atoms with Gasteiger partial charge < -0.3 is 10.4 Å². The summed E-state index contributed by atoms with van der Waals surface area (Å²) in [7, 11) is 0.